The highest BCUT2D eigenvalue weighted by atomic mass is 16.5. The summed E-state index contributed by atoms with van der Waals surface area (Å²) in [5, 5.41) is 9.37. The quantitative estimate of drug-likeness (QED) is 0.407. The van der Waals surface area contributed by atoms with Gasteiger partial charge >= 0.3 is 5.97 Å². The second-order valence-corrected chi connectivity index (χ2v) is 11.8. The van der Waals surface area contributed by atoms with E-state index in [1.54, 1.807) is 21.0 Å². The molecule has 1 fully saturated rings. The van der Waals surface area contributed by atoms with E-state index in [4.69, 9.17) is 18.9 Å². The zero-order valence-electron chi connectivity index (χ0n) is 22.7. The first kappa shape index (κ1) is 27.4. The average Bonchev–Trinajstić information content (AvgIpc) is 3.23. The van der Waals surface area contributed by atoms with Crippen LogP contribution < -0.4 is 0 Å². The molecular formula is C29H43NO5. The number of aromatic nitrogens is 1. The van der Waals surface area contributed by atoms with Crippen LogP contribution in [0.15, 0.2) is 28.7 Å². The van der Waals surface area contributed by atoms with Gasteiger partial charge in [-0.25, -0.2) is 9.78 Å². The summed E-state index contributed by atoms with van der Waals surface area (Å²) >= 11 is 0. The molecule has 1 heterocycles. The number of ether oxygens (including phenoxy) is 2. The summed E-state index contributed by atoms with van der Waals surface area (Å²) in [7, 11) is 1.74. The predicted molar refractivity (Wildman–Crippen MR) is 138 cm³/mol. The highest BCUT2D eigenvalue weighted by Gasteiger charge is 2.36. The molecule has 35 heavy (non-hydrogen) atoms. The minimum absolute atomic E-state index is 0.0887. The molecule has 1 aliphatic carbocycles. The van der Waals surface area contributed by atoms with E-state index in [0.29, 0.717) is 18.4 Å². The van der Waals surface area contributed by atoms with Gasteiger partial charge in [0.25, 0.3) is 0 Å². The van der Waals surface area contributed by atoms with Gasteiger partial charge in [-0.3, -0.25) is 0 Å². The first-order valence-corrected chi connectivity index (χ1v) is 12.8. The molecule has 194 valence electrons. The molecule has 1 N–H and O–H groups in total. The molecule has 3 atom stereocenters. The monoisotopic (exact) mass is 485 g/mol. The molecule has 1 aromatic heterocycles. The third kappa shape index (κ3) is 6.53. The second-order valence-electron chi connectivity index (χ2n) is 11.8. The lowest BCUT2D eigenvalue weighted by Crippen LogP contribution is -2.37. The number of carboxylic acids is 1. The van der Waals surface area contributed by atoms with Crippen molar-refractivity contribution in [3.8, 4) is 11.5 Å². The smallest absolute Gasteiger partial charge is 0.335 e. The van der Waals surface area contributed by atoms with Crippen LogP contribution in [0.5, 0.6) is 0 Å². The van der Waals surface area contributed by atoms with Crippen molar-refractivity contribution in [1.29, 1.82) is 0 Å². The standard InChI is InChI=1S/C29H43NO5/c1-18(2)24-23(30-26(35-24)20-12-14-22(15-13-20)28(3,4)5)25(33-8)21-11-9-10-19(16-21)17-34-29(6,7)27(31)32/h12-15,18-19,21,25H,9-11,16-17H2,1-8H3,(H,31,32)/t19-,21+,25?/m0/s1. The van der Waals surface area contributed by atoms with E-state index in [0.717, 1.165) is 42.7 Å². The molecule has 0 amide bonds. The summed E-state index contributed by atoms with van der Waals surface area (Å²) in [6, 6.07) is 8.46. The molecule has 0 radical (unpaired) electrons. The Balaban J connectivity index is 1.82. The van der Waals surface area contributed by atoms with Gasteiger partial charge in [0.2, 0.25) is 5.89 Å². The van der Waals surface area contributed by atoms with Crippen molar-refractivity contribution in [2.45, 2.75) is 97.2 Å². The Hall–Kier alpha value is -2.18. The van der Waals surface area contributed by atoms with Crippen LogP contribution in [0.4, 0.5) is 0 Å². The molecule has 1 saturated carbocycles. The fourth-order valence-corrected chi connectivity index (χ4v) is 4.87. The lowest BCUT2D eigenvalue weighted by atomic mass is 9.77. The molecule has 0 bridgehead atoms. The summed E-state index contributed by atoms with van der Waals surface area (Å²) in [6.07, 6.45) is 3.87. The van der Waals surface area contributed by atoms with Crippen LogP contribution in [0.25, 0.3) is 11.5 Å². The van der Waals surface area contributed by atoms with Crippen LogP contribution in [0, 0.1) is 11.8 Å². The molecule has 1 unspecified atom stereocenters. The molecule has 0 saturated heterocycles. The topological polar surface area (TPSA) is 81.8 Å². The number of hydrogen-bond acceptors (Lipinski definition) is 5. The first-order chi connectivity index (χ1) is 16.3. The van der Waals surface area contributed by atoms with Crippen molar-refractivity contribution in [3.05, 3.63) is 41.3 Å². The number of nitrogens with zero attached hydrogens (tertiary/aromatic N) is 1. The van der Waals surface area contributed by atoms with Gasteiger partial charge in [-0.15, -0.1) is 0 Å². The Labute approximate surface area is 210 Å². The number of hydrogen-bond donors (Lipinski definition) is 1. The fraction of sp³-hybridized carbons (Fsp3) is 0.655. The minimum Gasteiger partial charge on any atom is -0.479 e. The van der Waals surface area contributed by atoms with E-state index in [1.807, 2.05) is 0 Å². The normalized spacial score (nSPS) is 20.3. The number of carbonyl (C=O) groups is 1. The van der Waals surface area contributed by atoms with E-state index in [1.165, 1.54) is 5.56 Å². The van der Waals surface area contributed by atoms with Crippen LogP contribution in [-0.4, -0.2) is 35.4 Å². The van der Waals surface area contributed by atoms with Crippen molar-refractivity contribution >= 4 is 5.97 Å². The lowest BCUT2D eigenvalue weighted by Gasteiger charge is -2.34. The molecule has 6 nitrogen and oxygen atoms in total. The fourth-order valence-electron chi connectivity index (χ4n) is 4.87. The van der Waals surface area contributed by atoms with E-state index < -0.39 is 11.6 Å². The average molecular weight is 486 g/mol. The largest absolute Gasteiger partial charge is 0.479 e. The van der Waals surface area contributed by atoms with Gasteiger partial charge in [-0.2, -0.15) is 0 Å². The number of benzene rings is 1. The number of oxazole rings is 1. The molecule has 0 aliphatic heterocycles. The first-order valence-electron chi connectivity index (χ1n) is 12.8. The zero-order chi connectivity index (χ0) is 26.0. The Morgan fingerprint density at radius 1 is 1.14 bits per heavy atom. The van der Waals surface area contributed by atoms with E-state index in [2.05, 4.69) is 58.9 Å². The van der Waals surface area contributed by atoms with E-state index in [-0.39, 0.29) is 23.4 Å². The van der Waals surface area contributed by atoms with Gasteiger partial charge in [-0.05, 0) is 68.1 Å². The summed E-state index contributed by atoms with van der Waals surface area (Å²) in [4.78, 5) is 16.4. The maximum absolute atomic E-state index is 11.4. The van der Waals surface area contributed by atoms with Gasteiger partial charge in [-0.1, -0.05) is 53.2 Å². The Morgan fingerprint density at radius 2 is 1.80 bits per heavy atom. The second kappa shape index (κ2) is 10.8. The molecule has 1 aliphatic rings. The Bertz CT molecular complexity index is 983. The third-order valence-electron chi connectivity index (χ3n) is 7.17. The Kier molecular flexibility index (Phi) is 8.48. The molecule has 2 aromatic rings. The van der Waals surface area contributed by atoms with Crippen molar-refractivity contribution in [2.24, 2.45) is 11.8 Å². The summed E-state index contributed by atoms with van der Waals surface area (Å²) in [5.41, 5.74) is 2.03. The zero-order valence-corrected chi connectivity index (χ0v) is 22.7. The molecule has 0 spiro atoms. The summed E-state index contributed by atoms with van der Waals surface area (Å²) in [5.74, 6) is 1.31. The van der Waals surface area contributed by atoms with Gasteiger partial charge in [0.05, 0.1) is 6.61 Å². The van der Waals surface area contributed by atoms with Crippen molar-refractivity contribution < 1.29 is 23.8 Å². The highest BCUT2D eigenvalue weighted by Crippen LogP contribution is 2.42. The predicted octanol–water partition coefficient (Wildman–Crippen LogP) is 7.14. The van der Waals surface area contributed by atoms with Crippen LogP contribution in [-0.2, 0) is 19.7 Å². The number of aliphatic carboxylic acids is 1. The van der Waals surface area contributed by atoms with Crippen LogP contribution >= 0.6 is 0 Å². The maximum Gasteiger partial charge on any atom is 0.335 e. The van der Waals surface area contributed by atoms with Crippen LogP contribution in [0.1, 0.15) is 103 Å². The molecular weight excluding hydrogens is 442 g/mol. The highest BCUT2D eigenvalue weighted by molar-refractivity contribution is 5.76. The molecule has 1 aromatic carbocycles. The van der Waals surface area contributed by atoms with Crippen molar-refractivity contribution in [2.75, 3.05) is 13.7 Å². The number of methoxy groups -OCH3 is 1. The Morgan fingerprint density at radius 3 is 2.34 bits per heavy atom. The van der Waals surface area contributed by atoms with E-state index in [9.17, 15) is 9.90 Å². The maximum atomic E-state index is 11.4. The van der Waals surface area contributed by atoms with Gasteiger partial charge in [0, 0.05) is 18.6 Å². The lowest BCUT2D eigenvalue weighted by molar-refractivity contribution is -0.163. The van der Waals surface area contributed by atoms with Crippen molar-refractivity contribution in [1.82, 2.24) is 4.98 Å². The van der Waals surface area contributed by atoms with Crippen LogP contribution in [0.3, 0.4) is 0 Å². The SMILES string of the molecule is COC(c1nc(-c2ccc(C(C)(C)C)cc2)oc1C(C)C)[C@@H]1CCC[C@H](COC(C)(C)C(=O)O)C1. The summed E-state index contributed by atoms with van der Waals surface area (Å²) < 4.78 is 18.2. The van der Waals surface area contributed by atoms with Gasteiger partial charge in [0.1, 0.15) is 17.6 Å². The third-order valence-corrected chi connectivity index (χ3v) is 7.17. The number of carboxylic acid groups (broad SMARTS) is 1. The van der Waals surface area contributed by atoms with E-state index >= 15 is 0 Å². The summed E-state index contributed by atoms with van der Waals surface area (Å²) in [6.45, 7) is 14.5. The van der Waals surface area contributed by atoms with Crippen LogP contribution in [0.2, 0.25) is 0 Å². The van der Waals surface area contributed by atoms with Gasteiger partial charge in [0.15, 0.2) is 5.60 Å². The molecule has 3 rings (SSSR count). The van der Waals surface area contributed by atoms with Crippen molar-refractivity contribution in [3.63, 3.8) is 0 Å². The molecule has 6 heteroatoms. The number of rotatable bonds is 9. The van der Waals surface area contributed by atoms with Gasteiger partial charge < -0.3 is 19.0 Å². The minimum atomic E-state index is -1.18.